The smallest absolute Gasteiger partial charge is 0.341 e. The lowest BCUT2D eigenvalue weighted by Gasteiger charge is -2.10. The van der Waals surface area contributed by atoms with Gasteiger partial charge in [-0.25, -0.2) is 22.4 Å². The lowest BCUT2D eigenvalue weighted by Crippen LogP contribution is -2.15. The number of hydrogen-bond donors (Lipinski definition) is 1. The Kier molecular flexibility index (Phi) is 4.04. The van der Waals surface area contributed by atoms with Crippen LogP contribution in [-0.4, -0.2) is 24.1 Å². The van der Waals surface area contributed by atoms with Crippen molar-refractivity contribution in [3.8, 4) is 5.75 Å². The molecule has 0 fully saturated rings. The number of ether oxygens (including phenoxy) is 1. The molecule has 0 aliphatic carbocycles. The molecule has 0 aliphatic heterocycles. The van der Waals surface area contributed by atoms with Gasteiger partial charge in [0.1, 0.15) is 12.2 Å². The number of halogens is 6. The molecule has 0 aromatic heterocycles. The minimum absolute atomic E-state index is 1.50. The molecule has 0 heterocycles. The molecule has 0 spiro atoms. The molecule has 100 valence electrons. The number of hydrogen-bond acceptors (Lipinski definition) is 2. The third-order valence-corrected chi connectivity index (χ3v) is 1.79. The zero-order chi connectivity index (χ0) is 14.0. The van der Waals surface area contributed by atoms with Crippen LogP contribution >= 0.6 is 0 Å². The molecule has 3 nitrogen and oxygen atoms in total. The molecule has 1 aromatic rings. The monoisotopic (exact) mass is 274 g/mol. The maximum atomic E-state index is 13.1. The van der Waals surface area contributed by atoms with Gasteiger partial charge in [0, 0.05) is 0 Å². The summed E-state index contributed by atoms with van der Waals surface area (Å²) in [5.74, 6) is -12.8. The average molecular weight is 274 g/mol. The minimum atomic E-state index is -3.13. The molecular weight excluding hydrogens is 270 g/mol. The van der Waals surface area contributed by atoms with Crippen LogP contribution in [0.5, 0.6) is 5.75 Å². The molecule has 0 amide bonds. The number of carbonyl (C=O) groups is 1. The van der Waals surface area contributed by atoms with Gasteiger partial charge in [-0.05, 0) is 0 Å². The summed E-state index contributed by atoms with van der Waals surface area (Å²) in [6.45, 7) is -1.50. The highest BCUT2D eigenvalue weighted by Crippen LogP contribution is 2.30. The van der Waals surface area contributed by atoms with Crippen molar-refractivity contribution in [1.29, 1.82) is 0 Å². The van der Waals surface area contributed by atoms with E-state index in [-0.39, 0.29) is 0 Å². The molecule has 0 bridgehead atoms. The molecule has 1 N–H and O–H groups in total. The van der Waals surface area contributed by atoms with E-state index in [0.29, 0.717) is 0 Å². The van der Waals surface area contributed by atoms with E-state index in [9.17, 15) is 31.1 Å². The Morgan fingerprint density at radius 3 is 1.83 bits per heavy atom. The van der Waals surface area contributed by atoms with Gasteiger partial charge in [-0.15, -0.1) is 0 Å². The van der Waals surface area contributed by atoms with Crippen molar-refractivity contribution in [2.75, 3.05) is 6.61 Å². The first-order chi connectivity index (χ1) is 8.27. The van der Waals surface area contributed by atoms with Gasteiger partial charge < -0.3 is 9.84 Å². The van der Waals surface area contributed by atoms with Gasteiger partial charge in [-0.2, -0.15) is 8.78 Å². The molecule has 18 heavy (non-hydrogen) atoms. The normalized spacial score (nSPS) is 10.8. The molecule has 1 aromatic carbocycles. The fourth-order valence-corrected chi connectivity index (χ4v) is 1.07. The lowest BCUT2D eigenvalue weighted by atomic mass is 10.1. The van der Waals surface area contributed by atoms with E-state index < -0.39 is 53.6 Å². The first-order valence-corrected chi connectivity index (χ1v) is 4.27. The van der Waals surface area contributed by atoms with E-state index in [1.54, 1.807) is 0 Å². The summed E-state index contributed by atoms with van der Waals surface area (Å²) in [5.41, 5.74) is -1.87. The molecule has 0 atom stereocenters. The molecule has 0 saturated heterocycles. The van der Waals surface area contributed by atoms with E-state index in [1.807, 2.05) is 0 Å². The molecular formula is C9H4F6O3. The number of alkyl halides is 2. The highest BCUT2D eigenvalue weighted by molar-refractivity contribution is 5.88. The third kappa shape index (κ3) is 2.49. The molecule has 0 unspecified atom stereocenters. The second kappa shape index (κ2) is 5.15. The topological polar surface area (TPSA) is 46.5 Å². The summed E-state index contributed by atoms with van der Waals surface area (Å²) in [6, 6.07) is 0. The summed E-state index contributed by atoms with van der Waals surface area (Å²) in [7, 11) is 0. The van der Waals surface area contributed by atoms with Crippen LogP contribution in [0.2, 0.25) is 0 Å². The van der Waals surface area contributed by atoms with E-state index in [1.165, 1.54) is 0 Å². The predicted molar refractivity (Wildman–Crippen MR) is 44.7 cm³/mol. The van der Waals surface area contributed by atoms with Crippen LogP contribution in [0.3, 0.4) is 0 Å². The quantitative estimate of drug-likeness (QED) is 0.678. The summed E-state index contributed by atoms with van der Waals surface area (Å²) >= 11 is 0. The van der Waals surface area contributed by atoms with Crippen LogP contribution in [0.4, 0.5) is 26.3 Å². The second-order valence-electron chi connectivity index (χ2n) is 2.97. The van der Waals surface area contributed by atoms with Crippen molar-refractivity contribution < 1.29 is 41.0 Å². The van der Waals surface area contributed by atoms with Crippen LogP contribution in [0.25, 0.3) is 0 Å². The van der Waals surface area contributed by atoms with Crippen molar-refractivity contribution in [2.45, 2.75) is 6.43 Å². The van der Waals surface area contributed by atoms with E-state index in [0.717, 1.165) is 0 Å². The Morgan fingerprint density at radius 2 is 1.50 bits per heavy atom. The highest BCUT2D eigenvalue weighted by atomic mass is 19.3. The predicted octanol–water partition coefficient (Wildman–Crippen LogP) is 2.59. The Balaban J connectivity index is 3.34. The summed E-state index contributed by atoms with van der Waals surface area (Å²) in [6.07, 6.45) is -3.13. The fourth-order valence-electron chi connectivity index (χ4n) is 1.07. The Labute approximate surface area is 95.6 Å². The van der Waals surface area contributed by atoms with Crippen LogP contribution in [0.15, 0.2) is 0 Å². The molecule has 9 heteroatoms. The molecule has 0 aliphatic rings. The largest absolute Gasteiger partial charge is 0.481 e. The van der Waals surface area contributed by atoms with E-state index in [2.05, 4.69) is 4.74 Å². The standard InChI is InChI=1S/C9H4F6O3/c10-2(11)1-18-8-6(14)4(12)3(9(16)17)5(13)7(8)15/h2H,1H2,(H,16,17). The summed E-state index contributed by atoms with van der Waals surface area (Å²) in [4.78, 5) is 10.4. The van der Waals surface area contributed by atoms with Crippen molar-refractivity contribution in [3.63, 3.8) is 0 Å². The maximum absolute atomic E-state index is 13.1. The molecule has 1 rings (SSSR count). The number of benzene rings is 1. The molecule has 0 saturated carbocycles. The average Bonchev–Trinajstić information content (AvgIpc) is 2.26. The van der Waals surface area contributed by atoms with Crippen molar-refractivity contribution >= 4 is 5.97 Å². The van der Waals surface area contributed by atoms with Gasteiger partial charge in [0.15, 0.2) is 17.4 Å². The zero-order valence-electron chi connectivity index (χ0n) is 8.32. The van der Waals surface area contributed by atoms with Crippen molar-refractivity contribution in [1.82, 2.24) is 0 Å². The van der Waals surface area contributed by atoms with Gasteiger partial charge in [-0.3, -0.25) is 0 Å². The lowest BCUT2D eigenvalue weighted by molar-refractivity contribution is 0.0673. The van der Waals surface area contributed by atoms with Crippen molar-refractivity contribution in [3.05, 3.63) is 28.8 Å². The highest BCUT2D eigenvalue weighted by Gasteiger charge is 2.30. The van der Waals surface area contributed by atoms with Crippen LogP contribution < -0.4 is 4.74 Å². The first-order valence-electron chi connectivity index (χ1n) is 4.27. The van der Waals surface area contributed by atoms with Gasteiger partial charge in [0.05, 0.1) is 0 Å². The molecule has 0 radical (unpaired) electrons. The SMILES string of the molecule is O=C(O)c1c(F)c(F)c(OCC(F)F)c(F)c1F. The van der Waals surface area contributed by atoms with Gasteiger partial charge in [0.25, 0.3) is 6.43 Å². The van der Waals surface area contributed by atoms with Gasteiger partial charge in [0.2, 0.25) is 11.6 Å². The Morgan fingerprint density at radius 1 is 1.06 bits per heavy atom. The number of rotatable bonds is 4. The Hall–Kier alpha value is -1.93. The first kappa shape index (κ1) is 14.1. The summed E-state index contributed by atoms with van der Waals surface area (Å²) in [5, 5.41) is 8.33. The van der Waals surface area contributed by atoms with Crippen LogP contribution in [0.1, 0.15) is 10.4 Å². The maximum Gasteiger partial charge on any atom is 0.341 e. The second-order valence-corrected chi connectivity index (χ2v) is 2.97. The summed E-state index contributed by atoms with van der Waals surface area (Å²) < 4.78 is 79.6. The number of aromatic carboxylic acids is 1. The van der Waals surface area contributed by atoms with Gasteiger partial charge >= 0.3 is 5.97 Å². The van der Waals surface area contributed by atoms with Crippen LogP contribution in [-0.2, 0) is 0 Å². The van der Waals surface area contributed by atoms with Crippen LogP contribution in [0, 0.1) is 23.3 Å². The van der Waals surface area contributed by atoms with Crippen molar-refractivity contribution in [2.24, 2.45) is 0 Å². The number of carboxylic acid groups (broad SMARTS) is 1. The third-order valence-electron chi connectivity index (χ3n) is 1.79. The number of carboxylic acids is 1. The fraction of sp³-hybridized carbons (Fsp3) is 0.222. The Bertz CT molecular complexity index is 459. The zero-order valence-corrected chi connectivity index (χ0v) is 8.32. The van der Waals surface area contributed by atoms with E-state index in [4.69, 9.17) is 5.11 Å². The minimum Gasteiger partial charge on any atom is -0.481 e. The van der Waals surface area contributed by atoms with Gasteiger partial charge in [-0.1, -0.05) is 0 Å². The van der Waals surface area contributed by atoms with E-state index >= 15 is 0 Å².